The number of benzene rings is 2. The number of unbranched alkanes of at least 4 members (excludes halogenated alkanes) is 9. The third kappa shape index (κ3) is 10.4. The number of rotatable bonds is 19. The average Bonchev–Trinajstić information content (AvgIpc) is 3.75. The Kier molecular flexibility index (Phi) is 16.5. The number of allylic oxidation sites excluding steroid dienone is 1. The molecule has 4 fully saturated rings. The molecule has 0 amide bonds. The van der Waals surface area contributed by atoms with E-state index in [1.54, 1.807) is 12.7 Å². The number of carboxylic acid groups (broad SMARTS) is 1. The van der Waals surface area contributed by atoms with Crippen molar-refractivity contribution in [3.8, 4) is 11.5 Å². The molecular weight excluding hydrogens is 781 g/mol. The zero-order chi connectivity index (χ0) is 44.7. The minimum atomic E-state index is -0.598. The van der Waals surface area contributed by atoms with Gasteiger partial charge in [0, 0.05) is 0 Å². The van der Waals surface area contributed by atoms with Crippen LogP contribution in [0, 0.1) is 52.3 Å². The highest BCUT2D eigenvalue weighted by molar-refractivity contribution is 5.69. The van der Waals surface area contributed by atoms with Gasteiger partial charge in [0.2, 0.25) is 0 Å². The van der Waals surface area contributed by atoms with Crippen LogP contribution in [0.3, 0.4) is 0 Å². The van der Waals surface area contributed by atoms with E-state index in [1.165, 1.54) is 100 Å². The molecule has 0 radical (unpaired) electrons. The van der Waals surface area contributed by atoms with E-state index in [2.05, 4.69) is 57.7 Å². The molecule has 0 aromatic heterocycles. The first-order valence-corrected chi connectivity index (χ1v) is 26.1. The monoisotopic (exact) mass is 867 g/mol. The van der Waals surface area contributed by atoms with Gasteiger partial charge in [-0.3, -0.25) is 4.79 Å². The standard InChI is InChI=1S/C35H56O4.C22H30O2/c1-3-4-5-11-14-25(34(38)39)15-12-9-7-6-8-10-13-16-26-23-27-24-28(36)17-18-29(27)30-21-22-35(2)31(33(26)30)19-20-32(35)37;1-4-5-14-12-15-13-16(24-3)6-7-17(15)18-10-11-22(2)19(21(14)18)8-9-20(22)23/h17-18,24-26,30-33,36-37H,3-16,19-23H2,1-2H3,(H,38,39);4,6-7,13-14,18-21,23H,1,5,8-12H2,2-3H3/t25?,26-,30?,31?,32+,33?,35+;14-,18?,19?,20+,21?,22+/m11/s1. The van der Waals surface area contributed by atoms with Gasteiger partial charge in [0.1, 0.15) is 11.5 Å². The number of carboxylic acids is 1. The van der Waals surface area contributed by atoms with Gasteiger partial charge in [-0.25, -0.2) is 0 Å². The van der Waals surface area contributed by atoms with Gasteiger partial charge in [0.05, 0.1) is 25.2 Å². The molecule has 6 aliphatic rings. The first-order valence-electron chi connectivity index (χ1n) is 26.1. The van der Waals surface area contributed by atoms with E-state index in [4.69, 9.17) is 4.74 Å². The molecule has 0 spiro atoms. The van der Waals surface area contributed by atoms with E-state index in [1.807, 2.05) is 12.1 Å². The van der Waals surface area contributed by atoms with Crippen molar-refractivity contribution < 1.29 is 30.0 Å². The number of ether oxygens (including phenoxy) is 1. The largest absolute Gasteiger partial charge is 0.508 e. The normalized spacial score (nSPS) is 34.2. The summed E-state index contributed by atoms with van der Waals surface area (Å²) >= 11 is 0. The predicted molar refractivity (Wildman–Crippen MR) is 256 cm³/mol. The molecule has 6 aliphatic carbocycles. The summed E-state index contributed by atoms with van der Waals surface area (Å²) in [5.74, 6) is 5.82. The second-order valence-corrected chi connectivity index (χ2v) is 22.2. The van der Waals surface area contributed by atoms with E-state index in [9.17, 15) is 25.2 Å². The summed E-state index contributed by atoms with van der Waals surface area (Å²) < 4.78 is 5.46. The van der Waals surface area contributed by atoms with Crippen LogP contribution >= 0.6 is 0 Å². The number of aliphatic hydroxyl groups is 2. The van der Waals surface area contributed by atoms with Crippen LogP contribution in [0.15, 0.2) is 49.1 Å². The van der Waals surface area contributed by atoms with Gasteiger partial charge in [-0.2, -0.15) is 0 Å². The van der Waals surface area contributed by atoms with Crippen molar-refractivity contribution in [2.45, 2.75) is 205 Å². The lowest BCUT2D eigenvalue weighted by Crippen LogP contribution is -2.47. The lowest BCUT2D eigenvalue weighted by atomic mass is 9.52. The molecule has 13 atom stereocenters. The molecule has 4 saturated carbocycles. The molecule has 63 heavy (non-hydrogen) atoms. The summed E-state index contributed by atoms with van der Waals surface area (Å²) in [6, 6.07) is 12.8. The number of phenolic OH excluding ortho intramolecular Hbond substituents is 1. The zero-order valence-electron chi connectivity index (χ0n) is 39.9. The summed E-state index contributed by atoms with van der Waals surface area (Å²) in [6.07, 6.45) is 30.2. The zero-order valence-corrected chi connectivity index (χ0v) is 39.9. The number of fused-ring (bicyclic) bond motifs is 10. The Morgan fingerprint density at radius 1 is 0.730 bits per heavy atom. The van der Waals surface area contributed by atoms with Crippen molar-refractivity contribution >= 4 is 5.97 Å². The maximum Gasteiger partial charge on any atom is 0.306 e. The second kappa shape index (κ2) is 21.6. The van der Waals surface area contributed by atoms with Crippen LogP contribution in [0.25, 0.3) is 0 Å². The van der Waals surface area contributed by atoms with E-state index < -0.39 is 5.97 Å². The van der Waals surface area contributed by atoms with Crippen LogP contribution < -0.4 is 4.74 Å². The molecule has 0 aliphatic heterocycles. The number of phenols is 1. The van der Waals surface area contributed by atoms with Crippen molar-refractivity contribution in [2.75, 3.05) is 7.11 Å². The summed E-state index contributed by atoms with van der Waals surface area (Å²) in [5.41, 5.74) is 6.08. The van der Waals surface area contributed by atoms with Crippen LogP contribution in [-0.4, -0.2) is 45.7 Å². The lowest BCUT2D eigenvalue weighted by Gasteiger charge is -2.53. The number of hydrogen-bond donors (Lipinski definition) is 4. The first-order chi connectivity index (χ1) is 30.4. The molecule has 2 aromatic carbocycles. The third-order valence-corrected chi connectivity index (χ3v) is 18.7. The molecule has 0 heterocycles. The van der Waals surface area contributed by atoms with Crippen LogP contribution in [-0.2, 0) is 17.6 Å². The summed E-state index contributed by atoms with van der Waals surface area (Å²) in [5, 5.41) is 41.2. The third-order valence-electron chi connectivity index (χ3n) is 18.7. The van der Waals surface area contributed by atoms with Crippen LogP contribution in [0.1, 0.15) is 203 Å². The number of aliphatic hydroxyl groups excluding tert-OH is 2. The molecule has 0 saturated heterocycles. The number of hydrogen-bond acceptors (Lipinski definition) is 5. The van der Waals surface area contributed by atoms with Crippen molar-refractivity contribution in [1.29, 1.82) is 0 Å². The molecule has 350 valence electrons. The number of methoxy groups -OCH3 is 1. The average molecular weight is 867 g/mol. The van der Waals surface area contributed by atoms with Gasteiger partial charge in [-0.05, 0) is 195 Å². The van der Waals surface area contributed by atoms with Gasteiger partial charge in [-0.15, -0.1) is 6.58 Å². The number of aliphatic carboxylic acids is 1. The fourth-order valence-corrected chi connectivity index (χ4v) is 15.2. The van der Waals surface area contributed by atoms with Crippen molar-refractivity contribution in [3.63, 3.8) is 0 Å². The van der Waals surface area contributed by atoms with E-state index in [0.29, 0.717) is 53.1 Å². The molecule has 6 nitrogen and oxygen atoms in total. The maximum absolute atomic E-state index is 11.6. The topological polar surface area (TPSA) is 107 Å². The van der Waals surface area contributed by atoms with Crippen LogP contribution in [0.2, 0.25) is 0 Å². The van der Waals surface area contributed by atoms with Gasteiger partial charge in [-0.1, -0.05) is 110 Å². The lowest BCUT2D eigenvalue weighted by molar-refractivity contribution is -0.142. The SMILES string of the molecule is C=CC[C@@H]1Cc2cc(OC)ccc2C2CC[C@@]3(C)C(CC[C@@H]3O)C21.CCCCCCC(CCCCCCCCC[C@@H]1Cc2cc(O)ccc2C2CC[C@@]3(C)C(CC[C@@H]3O)C21)C(=O)O. The van der Waals surface area contributed by atoms with Gasteiger partial charge in [0.15, 0.2) is 0 Å². The predicted octanol–water partition coefficient (Wildman–Crippen LogP) is 13.7. The number of aromatic hydroxyl groups is 1. The Labute approximate surface area is 382 Å². The van der Waals surface area contributed by atoms with E-state index in [0.717, 1.165) is 82.8 Å². The Morgan fingerprint density at radius 3 is 1.83 bits per heavy atom. The maximum atomic E-state index is 11.6. The van der Waals surface area contributed by atoms with Gasteiger partial charge in [0.25, 0.3) is 0 Å². The summed E-state index contributed by atoms with van der Waals surface area (Å²) in [6.45, 7) is 10.9. The van der Waals surface area contributed by atoms with E-state index in [-0.39, 0.29) is 29.0 Å². The number of carbonyl (C=O) groups is 1. The van der Waals surface area contributed by atoms with E-state index >= 15 is 0 Å². The van der Waals surface area contributed by atoms with Crippen LogP contribution in [0.4, 0.5) is 0 Å². The second-order valence-electron chi connectivity index (χ2n) is 22.2. The molecule has 8 rings (SSSR count). The minimum absolute atomic E-state index is 0.0863. The molecule has 2 aromatic rings. The summed E-state index contributed by atoms with van der Waals surface area (Å²) in [4.78, 5) is 11.6. The molecule has 6 heteroatoms. The highest BCUT2D eigenvalue weighted by Gasteiger charge is 2.58. The quantitative estimate of drug-likeness (QED) is 0.0828. The summed E-state index contributed by atoms with van der Waals surface area (Å²) in [7, 11) is 1.75. The first kappa shape index (κ1) is 48.1. The fourth-order valence-electron chi connectivity index (χ4n) is 15.2. The Balaban J connectivity index is 0.000000211. The molecular formula is C57H86O6. The molecule has 7 unspecified atom stereocenters. The highest BCUT2D eigenvalue weighted by atomic mass is 16.5. The minimum Gasteiger partial charge on any atom is -0.508 e. The van der Waals surface area contributed by atoms with Gasteiger partial charge < -0.3 is 25.2 Å². The van der Waals surface area contributed by atoms with Gasteiger partial charge >= 0.3 is 5.97 Å². The van der Waals surface area contributed by atoms with Crippen molar-refractivity contribution in [2.24, 2.45) is 52.3 Å². The molecule has 0 bridgehead atoms. The van der Waals surface area contributed by atoms with Crippen LogP contribution in [0.5, 0.6) is 11.5 Å². The van der Waals surface area contributed by atoms with Crippen molar-refractivity contribution in [3.05, 3.63) is 71.3 Å². The smallest absolute Gasteiger partial charge is 0.306 e. The van der Waals surface area contributed by atoms with Crippen molar-refractivity contribution in [1.82, 2.24) is 0 Å². The molecule has 4 N–H and O–H groups in total. The fraction of sp³-hybridized carbons (Fsp3) is 0.737. The Bertz CT molecular complexity index is 1800. The highest BCUT2D eigenvalue weighted by Crippen LogP contribution is 2.64. The Morgan fingerprint density at radius 2 is 1.25 bits per heavy atom. The Hall–Kier alpha value is -2.83.